The largest absolute Gasteiger partial charge is 0.370 e. The molecule has 1 aliphatic carbocycles. The fourth-order valence-electron chi connectivity index (χ4n) is 5.75. The molecule has 3 aromatic rings. The number of carbonyl (C=O) groups excluding carboxylic acids is 2. The van der Waals surface area contributed by atoms with Crippen LogP contribution in [0.1, 0.15) is 72.1 Å². The smallest absolute Gasteiger partial charge is 0.276 e. The average Bonchev–Trinajstić information content (AvgIpc) is 3.45. The number of piperidine rings is 1. The lowest BCUT2D eigenvalue weighted by molar-refractivity contribution is -0.122. The number of hydrogen-bond acceptors (Lipinski definition) is 6. The number of aromatic nitrogens is 2. The van der Waals surface area contributed by atoms with Gasteiger partial charge in [0.2, 0.25) is 5.91 Å². The van der Waals surface area contributed by atoms with E-state index in [9.17, 15) is 9.59 Å². The molecule has 1 saturated heterocycles. The lowest BCUT2D eigenvalue weighted by atomic mass is 9.71. The van der Waals surface area contributed by atoms with Crippen LogP contribution in [-0.2, 0) is 28.0 Å². The number of hydrogen-bond donors (Lipinski definition) is 1. The van der Waals surface area contributed by atoms with Gasteiger partial charge in [-0.1, -0.05) is 36.3 Å². The molecular weight excluding hydrogens is 456 g/mol. The molecule has 1 aliphatic heterocycles. The Morgan fingerprint density at radius 1 is 1.17 bits per heavy atom. The number of carbonyl (C=O) groups is 2. The van der Waals surface area contributed by atoms with Gasteiger partial charge in [-0.3, -0.25) is 14.6 Å². The minimum Gasteiger partial charge on any atom is -0.370 e. The standard InChI is InChI=1S/C28H32N4O4/c1-3-6-21-17-24(31-36-21)27(34)32-15-11-28(12-16-32)23-8-5-4-7-22(23)25(30-19(2)33)26(28)35-18-20-9-13-29-14-10-20/h4-5,7-10,13-14,17,25-26H,3,6,11-12,15-16,18H2,1-2H3,(H,30,33)/t25-,26+/m0/s1. The maximum atomic E-state index is 13.2. The molecule has 5 rings (SSSR count). The van der Waals surface area contributed by atoms with E-state index in [0.29, 0.717) is 25.4 Å². The van der Waals surface area contributed by atoms with E-state index in [0.717, 1.165) is 42.6 Å². The van der Waals surface area contributed by atoms with Gasteiger partial charge in [0.25, 0.3) is 5.91 Å². The van der Waals surface area contributed by atoms with Crippen molar-refractivity contribution in [1.29, 1.82) is 0 Å². The summed E-state index contributed by atoms with van der Waals surface area (Å²) < 4.78 is 12.0. The highest BCUT2D eigenvalue weighted by Gasteiger charge is 2.54. The van der Waals surface area contributed by atoms with Crippen LogP contribution >= 0.6 is 0 Å². The van der Waals surface area contributed by atoms with Crippen molar-refractivity contribution < 1.29 is 18.8 Å². The highest BCUT2D eigenvalue weighted by atomic mass is 16.5. The van der Waals surface area contributed by atoms with E-state index in [2.05, 4.69) is 34.5 Å². The monoisotopic (exact) mass is 488 g/mol. The van der Waals surface area contributed by atoms with E-state index in [-0.39, 0.29) is 29.4 Å². The predicted octanol–water partition coefficient (Wildman–Crippen LogP) is 3.97. The molecule has 1 spiro atoms. The lowest BCUT2D eigenvalue weighted by Gasteiger charge is -2.44. The maximum absolute atomic E-state index is 13.2. The number of pyridine rings is 1. The molecule has 1 fully saturated rings. The third-order valence-corrected chi connectivity index (χ3v) is 7.43. The van der Waals surface area contributed by atoms with Crippen LogP contribution in [0.3, 0.4) is 0 Å². The number of amides is 2. The highest BCUT2D eigenvalue weighted by Crippen LogP contribution is 2.52. The minimum absolute atomic E-state index is 0.0918. The molecule has 0 saturated carbocycles. The summed E-state index contributed by atoms with van der Waals surface area (Å²) in [7, 11) is 0. The summed E-state index contributed by atoms with van der Waals surface area (Å²) in [5, 5.41) is 7.17. The first-order valence-corrected chi connectivity index (χ1v) is 12.6. The van der Waals surface area contributed by atoms with E-state index >= 15 is 0 Å². The van der Waals surface area contributed by atoms with Gasteiger partial charge in [-0.2, -0.15) is 0 Å². The molecule has 1 aromatic carbocycles. The lowest BCUT2D eigenvalue weighted by Crippen LogP contribution is -2.51. The fraction of sp³-hybridized carbons (Fsp3) is 0.429. The summed E-state index contributed by atoms with van der Waals surface area (Å²) in [6, 6.07) is 13.6. The number of rotatable bonds is 7. The Kier molecular flexibility index (Phi) is 6.87. The first-order chi connectivity index (χ1) is 17.5. The molecule has 1 N–H and O–H groups in total. The minimum atomic E-state index is -0.315. The molecule has 2 amide bonds. The number of aryl methyl sites for hydroxylation is 1. The Morgan fingerprint density at radius 2 is 1.92 bits per heavy atom. The number of ether oxygens (including phenoxy) is 1. The zero-order valence-corrected chi connectivity index (χ0v) is 20.8. The molecule has 0 radical (unpaired) electrons. The SMILES string of the molecule is CCCc1cc(C(=O)N2CCC3(CC2)c2ccccc2[C@H](NC(C)=O)[C@H]3OCc2ccncc2)no1. The van der Waals surface area contributed by atoms with Crippen LogP contribution in [0.4, 0.5) is 0 Å². The molecule has 2 aromatic heterocycles. The highest BCUT2D eigenvalue weighted by molar-refractivity contribution is 5.92. The van der Waals surface area contributed by atoms with Gasteiger partial charge in [0, 0.05) is 50.3 Å². The molecule has 8 heteroatoms. The van der Waals surface area contributed by atoms with Crippen LogP contribution in [0, 0.1) is 0 Å². The van der Waals surface area contributed by atoms with Gasteiger partial charge < -0.3 is 19.5 Å². The Labute approximate surface area is 211 Å². The van der Waals surface area contributed by atoms with Crippen molar-refractivity contribution in [3.63, 3.8) is 0 Å². The molecule has 8 nitrogen and oxygen atoms in total. The summed E-state index contributed by atoms with van der Waals surface area (Å²) in [5.74, 6) is 0.544. The van der Waals surface area contributed by atoms with Crippen molar-refractivity contribution in [1.82, 2.24) is 20.4 Å². The number of nitrogens with one attached hydrogen (secondary N) is 1. The van der Waals surface area contributed by atoms with E-state index < -0.39 is 0 Å². The molecule has 36 heavy (non-hydrogen) atoms. The molecule has 0 unspecified atom stereocenters. The van der Waals surface area contributed by atoms with E-state index in [4.69, 9.17) is 9.26 Å². The van der Waals surface area contributed by atoms with Crippen LogP contribution in [0.5, 0.6) is 0 Å². The first kappa shape index (κ1) is 24.2. The van der Waals surface area contributed by atoms with E-state index in [1.54, 1.807) is 25.4 Å². The van der Waals surface area contributed by atoms with Gasteiger partial charge in [0.1, 0.15) is 5.76 Å². The van der Waals surface area contributed by atoms with E-state index in [1.807, 2.05) is 29.2 Å². The predicted molar refractivity (Wildman–Crippen MR) is 133 cm³/mol. The van der Waals surface area contributed by atoms with Crippen LogP contribution in [0.25, 0.3) is 0 Å². The third kappa shape index (κ3) is 4.53. The second-order valence-corrected chi connectivity index (χ2v) is 9.73. The van der Waals surface area contributed by atoms with Crippen LogP contribution in [0.2, 0.25) is 0 Å². The number of fused-ring (bicyclic) bond motifs is 2. The molecule has 2 atom stereocenters. The zero-order chi connectivity index (χ0) is 25.1. The van der Waals surface area contributed by atoms with Gasteiger partial charge in [-0.05, 0) is 48.1 Å². The first-order valence-electron chi connectivity index (χ1n) is 12.6. The zero-order valence-electron chi connectivity index (χ0n) is 20.8. The fourth-order valence-corrected chi connectivity index (χ4v) is 5.75. The van der Waals surface area contributed by atoms with Crippen LogP contribution in [-0.4, -0.2) is 46.0 Å². The van der Waals surface area contributed by atoms with Crippen LogP contribution < -0.4 is 5.32 Å². The van der Waals surface area contributed by atoms with Gasteiger partial charge in [-0.25, -0.2) is 0 Å². The summed E-state index contributed by atoms with van der Waals surface area (Å²) in [6.45, 7) is 5.17. The summed E-state index contributed by atoms with van der Waals surface area (Å²) in [5.41, 5.74) is 3.36. The molecule has 0 bridgehead atoms. The Balaban J connectivity index is 1.40. The second kappa shape index (κ2) is 10.2. The Morgan fingerprint density at radius 3 is 2.64 bits per heavy atom. The van der Waals surface area contributed by atoms with Crippen molar-refractivity contribution in [3.05, 3.63) is 83.0 Å². The Hall–Kier alpha value is -3.52. The van der Waals surface area contributed by atoms with Crippen molar-refractivity contribution in [2.24, 2.45) is 0 Å². The van der Waals surface area contributed by atoms with Gasteiger partial charge >= 0.3 is 0 Å². The quantitative estimate of drug-likeness (QED) is 0.540. The summed E-state index contributed by atoms with van der Waals surface area (Å²) >= 11 is 0. The molecule has 2 aliphatic rings. The third-order valence-electron chi connectivity index (χ3n) is 7.43. The van der Waals surface area contributed by atoms with Crippen molar-refractivity contribution >= 4 is 11.8 Å². The number of benzene rings is 1. The summed E-state index contributed by atoms with van der Waals surface area (Å²) in [4.78, 5) is 31.3. The topological polar surface area (TPSA) is 97.6 Å². The van der Waals surface area contributed by atoms with Crippen molar-refractivity contribution in [2.45, 2.75) is 63.7 Å². The maximum Gasteiger partial charge on any atom is 0.276 e. The second-order valence-electron chi connectivity index (χ2n) is 9.73. The van der Waals surface area contributed by atoms with Gasteiger partial charge in [-0.15, -0.1) is 0 Å². The Bertz CT molecular complexity index is 1220. The van der Waals surface area contributed by atoms with Crippen molar-refractivity contribution in [2.75, 3.05) is 13.1 Å². The molecular formula is C28H32N4O4. The van der Waals surface area contributed by atoms with Gasteiger partial charge in [0.05, 0.1) is 18.8 Å². The molecule has 188 valence electrons. The number of likely N-dealkylation sites (tertiary alicyclic amines) is 1. The van der Waals surface area contributed by atoms with Crippen molar-refractivity contribution in [3.8, 4) is 0 Å². The van der Waals surface area contributed by atoms with Crippen LogP contribution in [0.15, 0.2) is 59.4 Å². The van der Waals surface area contributed by atoms with E-state index in [1.165, 1.54) is 5.56 Å². The molecule has 3 heterocycles. The van der Waals surface area contributed by atoms with Gasteiger partial charge in [0.15, 0.2) is 5.69 Å². The average molecular weight is 489 g/mol. The number of nitrogens with zero attached hydrogens (tertiary/aromatic N) is 3. The summed E-state index contributed by atoms with van der Waals surface area (Å²) in [6.07, 6.45) is 6.41. The normalized spacial score (nSPS) is 20.3.